The minimum absolute atomic E-state index is 0.0876. The Kier molecular flexibility index (Phi) is 7.62. The summed E-state index contributed by atoms with van der Waals surface area (Å²) in [6, 6.07) is 11.7. The monoisotopic (exact) mass is 462 g/mol. The zero-order valence-electron chi connectivity index (χ0n) is 17.7. The van der Waals surface area contributed by atoms with Crippen molar-refractivity contribution in [2.45, 2.75) is 32.2 Å². The standard InChI is InChI=1S/C23H27ClN2O4S/c1-30-22-13-12-20(24)14-21(22)26(31(2,28)29)16-18-8-10-19(11-9-18)23(27)25-15-17-6-4-3-5-7-17/h6,8-14H,3-5,7,15-16H2,1-2H3,(H,25,27). The number of methoxy groups -OCH3 is 1. The van der Waals surface area contributed by atoms with E-state index in [-0.39, 0.29) is 12.5 Å². The van der Waals surface area contributed by atoms with E-state index in [0.29, 0.717) is 28.6 Å². The van der Waals surface area contributed by atoms with Crippen molar-refractivity contribution in [1.29, 1.82) is 0 Å². The lowest BCUT2D eigenvalue weighted by molar-refractivity contribution is 0.0956. The van der Waals surface area contributed by atoms with Gasteiger partial charge in [0.2, 0.25) is 10.0 Å². The van der Waals surface area contributed by atoms with Crippen molar-refractivity contribution in [3.63, 3.8) is 0 Å². The van der Waals surface area contributed by atoms with Crippen molar-refractivity contribution >= 4 is 33.2 Å². The minimum atomic E-state index is -3.60. The Labute approximate surface area is 188 Å². The average molecular weight is 463 g/mol. The number of sulfonamides is 1. The van der Waals surface area contributed by atoms with Gasteiger partial charge in [0, 0.05) is 17.1 Å². The molecule has 1 aliphatic rings. The third-order valence-electron chi connectivity index (χ3n) is 5.21. The van der Waals surface area contributed by atoms with E-state index < -0.39 is 10.0 Å². The van der Waals surface area contributed by atoms with Gasteiger partial charge in [0.05, 0.1) is 25.6 Å². The zero-order valence-corrected chi connectivity index (χ0v) is 19.3. The Morgan fingerprint density at radius 2 is 1.90 bits per heavy atom. The Hall–Kier alpha value is -2.51. The zero-order chi connectivity index (χ0) is 22.4. The lowest BCUT2D eigenvalue weighted by Crippen LogP contribution is -2.30. The molecule has 0 radical (unpaired) electrons. The van der Waals surface area contributed by atoms with E-state index in [1.165, 1.54) is 29.8 Å². The molecule has 2 aromatic carbocycles. The van der Waals surface area contributed by atoms with Crippen molar-refractivity contribution < 1.29 is 17.9 Å². The number of hydrogen-bond donors (Lipinski definition) is 1. The predicted molar refractivity (Wildman–Crippen MR) is 124 cm³/mol. The Bertz CT molecular complexity index is 1070. The summed E-state index contributed by atoms with van der Waals surface area (Å²) in [4.78, 5) is 12.4. The normalized spacial score (nSPS) is 14.0. The maximum absolute atomic E-state index is 12.5. The van der Waals surface area contributed by atoms with E-state index in [4.69, 9.17) is 16.3 Å². The van der Waals surface area contributed by atoms with Crippen molar-refractivity contribution in [3.8, 4) is 5.75 Å². The number of nitrogens with one attached hydrogen (secondary N) is 1. The molecule has 0 atom stereocenters. The predicted octanol–water partition coefficient (Wildman–Crippen LogP) is 4.55. The molecule has 8 heteroatoms. The molecule has 0 unspecified atom stereocenters. The van der Waals surface area contributed by atoms with Gasteiger partial charge in [-0.05, 0) is 61.6 Å². The van der Waals surface area contributed by atoms with Crippen LogP contribution in [0.15, 0.2) is 54.1 Å². The highest BCUT2D eigenvalue weighted by Gasteiger charge is 2.22. The highest BCUT2D eigenvalue weighted by Crippen LogP contribution is 2.33. The minimum Gasteiger partial charge on any atom is -0.495 e. The summed E-state index contributed by atoms with van der Waals surface area (Å²) in [5.41, 5.74) is 2.90. The van der Waals surface area contributed by atoms with Crippen molar-refractivity contribution in [2.75, 3.05) is 24.2 Å². The van der Waals surface area contributed by atoms with Gasteiger partial charge in [-0.25, -0.2) is 8.42 Å². The van der Waals surface area contributed by atoms with Crippen LogP contribution in [0.1, 0.15) is 41.6 Å². The number of allylic oxidation sites excluding steroid dienone is 1. The van der Waals surface area contributed by atoms with Crippen molar-refractivity contribution in [1.82, 2.24) is 5.32 Å². The second kappa shape index (κ2) is 10.2. The second-order valence-electron chi connectivity index (χ2n) is 7.57. The van der Waals surface area contributed by atoms with E-state index in [1.807, 2.05) is 0 Å². The number of carbonyl (C=O) groups excluding carboxylic acids is 1. The highest BCUT2D eigenvalue weighted by atomic mass is 35.5. The van der Waals surface area contributed by atoms with Crippen LogP contribution >= 0.6 is 11.6 Å². The first kappa shape index (κ1) is 23.2. The molecule has 1 amide bonds. The van der Waals surface area contributed by atoms with Crippen LogP contribution in [0.5, 0.6) is 5.75 Å². The average Bonchev–Trinajstić information content (AvgIpc) is 2.76. The van der Waals surface area contributed by atoms with Crippen LogP contribution in [-0.2, 0) is 16.6 Å². The summed E-state index contributed by atoms with van der Waals surface area (Å²) in [6.07, 6.45) is 7.84. The van der Waals surface area contributed by atoms with Crippen LogP contribution in [-0.4, -0.2) is 34.2 Å². The largest absolute Gasteiger partial charge is 0.495 e. The molecule has 6 nitrogen and oxygen atoms in total. The van der Waals surface area contributed by atoms with Gasteiger partial charge in [-0.3, -0.25) is 9.10 Å². The molecule has 1 aliphatic carbocycles. The third kappa shape index (κ3) is 6.24. The number of ether oxygens (including phenoxy) is 1. The molecular formula is C23H27ClN2O4S. The molecule has 31 heavy (non-hydrogen) atoms. The van der Waals surface area contributed by atoms with Crippen LogP contribution in [0.4, 0.5) is 5.69 Å². The number of hydrogen-bond acceptors (Lipinski definition) is 4. The first-order chi connectivity index (χ1) is 14.8. The molecule has 0 aromatic heterocycles. The van der Waals surface area contributed by atoms with E-state index in [9.17, 15) is 13.2 Å². The molecular weight excluding hydrogens is 436 g/mol. The van der Waals surface area contributed by atoms with E-state index in [0.717, 1.165) is 24.7 Å². The van der Waals surface area contributed by atoms with Crippen LogP contribution < -0.4 is 14.4 Å². The van der Waals surface area contributed by atoms with Crippen LogP contribution in [0.25, 0.3) is 0 Å². The van der Waals surface area contributed by atoms with Crippen LogP contribution in [0, 0.1) is 0 Å². The Balaban J connectivity index is 1.74. The summed E-state index contributed by atoms with van der Waals surface area (Å²) in [7, 11) is -2.13. The second-order valence-corrected chi connectivity index (χ2v) is 9.92. The van der Waals surface area contributed by atoms with Gasteiger partial charge in [-0.1, -0.05) is 35.4 Å². The molecule has 0 saturated heterocycles. The number of halogens is 1. The quantitative estimate of drug-likeness (QED) is 0.584. The molecule has 0 saturated carbocycles. The fourth-order valence-electron chi connectivity index (χ4n) is 3.53. The maximum Gasteiger partial charge on any atom is 0.251 e. The first-order valence-corrected chi connectivity index (χ1v) is 12.4. The van der Waals surface area contributed by atoms with Gasteiger partial charge in [0.25, 0.3) is 5.91 Å². The van der Waals surface area contributed by atoms with Gasteiger partial charge in [0.15, 0.2) is 0 Å². The molecule has 0 fully saturated rings. The van der Waals surface area contributed by atoms with Crippen molar-refractivity contribution in [3.05, 3.63) is 70.3 Å². The summed E-state index contributed by atoms with van der Waals surface area (Å²) in [5, 5.41) is 3.36. The number of carbonyl (C=O) groups is 1. The van der Waals surface area contributed by atoms with Gasteiger partial charge in [-0.15, -0.1) is 0 Å². The lowest BCUT2D eigenvalue weighted by Gasteiger charge is -2.24. The van der Waals surface area contributed by atoms with E-state index >= 15 is 0 Å². The van der Waals surface area contributed by atoms with E-state index in [1.54, 1.807) is 42.5 Å². The smallest absolute Gasteiger partial charge is 0.251 e. The van der Waals surface area contributed by atoms with Crippen LogP contribution in [0.2, 0.25) is 5.02 Å². The van der Waals surface area contributed by atoms with Gasteiger partial charge in [-0.2, -0.15) is 0 Å². The number of anilines is 1. The van der Waals surface area contributed by atoms with Gasteiger partial charge in [0.1, 0.15) is 5.75 Å². The summed E-state index contributed by atoms with van der Waals surface area (Å²) >= 11 is 6.09. The molecule has 0 bridgehead atoms. The van der Waals surface area contributed by atoms with E-state index in [2.05, 4.69) is 11.4 Å². The van der Waals surface area contributed by atoms with Crippen molar-refractivity contribution in [2.24, 2.45) is 0 Å². The maximum atomic E-state index is 12.5. The molecule has 0 heterocycles. The lowest BCUT2D eigenvalue weighted by atomic mass is 9.99. The Morgan fingerprint density at radius 1 is 1.16 bits per heavy atom. The number of benzene rings is 2. The molecule has 166 valence electrons. The molecule has 0 aliphatic heterocycles. The summed E-state index contributed by atoms with van der Waals surface area (Å²) in [6.45, 7) is 0.654. The SMILES string of the molecule is COc1ccc(Cl)cc1N(Cc1ccc(C(=O)NCC2=CCCCC2)cc1)S(C)(=O)=O. The highest BCUT2D eigenvalue weighted by molar-refractivity contribution is 7.92. The van der Waals surface area contributed by atoms with Crippen LogP contribution in [0.3, 0.4) is 0 Å². The molecule has 3 rings (SSSR count). The fraction of sp³-hybridized carbons (Fsp3) is 0.348. The number of amides is 1. The summed E-state index contributed by atoms with van der Waals surface area (Å²) in [5.74, 6) is 0.261. The number of nitrogens with zero attached hydrogens (tertiary/aromatic N) is 1. The first-order valence-electron chi connectivity index (χ1n) is 10.1. The van der Waals surface area contributed by atoms with Gasteiger partial charge >= 0.3 is 0 Å². The molecule has 1 N–H and O–H groups in total. The Morgan fingerprint density at radius 3 is 2.52 bits per heavy atom. The fourth-order valence-corrected chi connectivity index (χ4v) is 4.58. The third-order valence-corrected chi connectivity index (χ3v) is 6.57. The molecule has 2 aromatic rings. The topological polar surface area (TPSA) is 75.7 Å². The molecule has 0 spiro atoms. The summed E-state index contributed by atoms with van der Waals surface area (Å²) < 4.78 is 31.5. The van der Waals surface area contributed by atoms with Gasteiger partial charge < -0.3 is 10.1 Å². The number of rotatable bonds is 8.